The van der Waals surface area contributed by atoms with Gasteiger partial charge in [-0.15, -0.1) is 0 Å². The van der Waals surface area contributed by atoms with E-state index in [1.807, 2.05) is 29.2 Å². The quantitative estimate of drug-likeness (QED) is 0.868. The van der Waals surface area contributed by atoms with Gasteiger partial charge in [-0.05, 0) is 44.0 Å². The molecular formula is C16H24N2O2. The first-order valence-corrected chi connectivity index (χ1v) is 7.43. The Hall–Kier alpha value is -1.55. The van der Waals surface area contributed by atoms with Crippen LogP contribution in [0.15, 0.2) is 24.3 Å². The third kappa shape index (κ3) is 3.51. The zero-order valence-electron chi connectivity index (χ0n) is 12.3. The Balaban J connectivity index is 1.96. The van der Waals surface area contributed by atoms with Crippen LogP contribution < -0.4 is 5.32 Å². The number of nitrogens with zero attached hydrogens (tertiary/aromatic N) is 1. The summed E-state index contributed by atoms with van der Waals surface area (Å²) in [6.07, 6.45) is 1.63. The molecule has 4 nitrogen and oxygen atoms in total. The molecule has 1 saturated heterocycles. The van der Waals surface area contributed by atoms with E-state index in [-0.39, 0.29) is 17.9 Å². The van der Waals surface area contributed by atoms with Crippen LogP contribution in [-0.4, -0.2) is 41.7 Å². The Morgan fingerprint density at radius 1 is 1.45 bits per heavy atom. The van der Waals surface area contributed by atoms with E-state index in [0.29, 0.717) is 6.54 Å². The van der Waals surface area contributed by atoms with E-state index in [1.54, 1.807) is 6.92 Å². The van der Waals surface area contributed by atoms with Gasteiger partial charge < -0.3 is 15.3 Å². The second-order valence-electron chi connectivity index (χ2n) is 5.54. The number of aliphatic hydroxyl groups is 1. The number of amides is 1. The van der Waals surface area contributed by atoms with Crippen LogP contribution >= 0.6 is 0 Å². The van der Waals surface area contributed by atoms with Gasteiger partial charge >= 0.3 is 0 Å². The zero-order chi connectivity index (χ0) is 14.5. The average Bonchev–Trinajstić information content (AvgIpc) is 2.95. The fraction of sp³-hybridized carbons (Fsp3) is 0.562. The van der Waals surface area contributed by atoms with Gasteiger partial charge in [-0.1, -0.05) is 6.92 Å². The Kier molecular flexibility index (Phi) is 5.01. The summed E-state index contributed by atoms with van der Waals surface area (Å²) in [5.41, 5.74) is 1.77. The number of benzene rings is 1. The van der Waals surface area contributed by atoms with Crippen molar-refractivity contribution in [3.63, 3.8) is 0 Å². The van der Waals surface area contributed by atoms with E-state index in [4.69, 9.17) is 0 Å². The third-order valence-corrected chi connectivity index (χ3v) is 3.91. The van der Waals surface area contributed by atoms with Gasteiger partial charge in [0.15, 0.2) is 0 Å². The Morgan fingerprint density at radius 3 is 2.70 bits per heavy atom. The summed E-state index contributed by atoms with van der Waals surface area (Å²) < 4.78 is 0. The lowest BCUT2D eigenvalue weighted by Crippen LogP contribution is -2.30. The average molecular weight is 276 g/mol. The Morgan fingerprint density at radius 2 is 2.15 bits per heavy atom. The molecule has 2 N–H and O–H groups in total. The van der Waals surface area contributed by atoms with Crippen molar-refractivity contribution in [1.29, 1.82) is 0 Å². The van der Waals surface area contributed by atoms with Crippen LogP contribution in [0.25, 0.3) is 0 Å². The number of aliphatic hydroxyl groups excluding tert-OH is 1. The molecule has 1 aliphatic rings. The summed E-state index contributed by atoms with van der Waals surface area (Å²) >= 11 is 0. The number of rotatable bonds is 5. The highest BCUT2D eigenvalue weighted by Crippen LogP contribution is 2.22. The van der Waals surface area contributed by atoms with Crippen LogP contribution in [0.3, 0.4) is 0 Å². The van der Waals surface area contributed by atoms with Crippen molar-refractivity contribution < 1.29 is 9.90 Å². The van der Waals surface area contributed by atoms with E-state index in [9.17, 15) is 9.90 Å². The van der Waals surface area contributed by atoms with Crippen molar-refractivity contribution in [2.75, 3.05) is 25.0 Å². The van der Waals surface area contributed by atoms with Crippen LogP contribution in [0, 0.1) is 5.92 Å². The molecule has 0 saturated carbocycles. The van der Waals surface area contributed by atoms with Crippen molar-refractivity contribution in [2.24, 2.45) is 5.92 Å². The SMILES string of the molecule is CCCNc1ccc(C(=O)N2CCC(C(C)O)C2)cc1. The highest BCUT2D eigenvalue weighted by Gasteiger charge is 2.29. The van der Waals surface area contributed by atoms with Crippen LogP contribution in [-0.2, 0) is 0 Å². The summed E-state index contributed by atoms with van der Waals surface area (Å²) in [7, 11) is 0. The van der Waals surface area contributed by atoms with E-state index in [2.05, 4.69) is 12.2 Å². The fourth-order valence-electron chi connectivity index (χ4n) is 2.55. The molecule has 0 aliphatic carbocycles. The monoisotopic (exact) mass is 276 g/mol. The second-order valence-corrected chi connectivity index (χ2v) is 5.54. The summed E-state index contributed by atoms with van der Waals surface area (Å²) in [6.45, 7) is 6.26. The lowest BCUT2D eigenvalue weighted by molar-refractivity contribution is 0.0762. The molecule has 0 radical (unpaired) electrons. The van der Waals surface area contributed by atoms with Gasteiger partial charge in [-0.3, -0.25) is 4.79 Å². The van der Waals surface area contributed by atoms with Crippen LogP contribution in [0.4, 0.5) is 5.69 Å². The maximum Gasteiger partial charge on any atom is 0.253 e. The van der Waals surface area contributed by atoms with Crippen molar-refractivity contribution in [2.45, 2.75) is 32.8 Å². The maximum absolute atomic E-state index is 12.4. The van der Waals surface area contributed by atoms with E-state index in [1.165, 1.54) is 0 Å². The molecule has 20 heavy (non-hydrogen) atoms. The van der Waals surface area contributed by atoms with Crippen molar-refractivity contribution in [3.05, 3.63) is 29.8 Å². The number of nitrogens with one attached hydrogen (secondary N) is 1. The summed E-state index contributed by atoms with van der Waals surface area (Å²) in [5, 5.41) is 12.9. The summed E-state index contributed by atoms with van der Waals surface area (Å²) in [5.74, 6) is 0.277. The van der Waals surface area contributed by atoms with Crippen LogP contribution in [0.1, 0.15) is 37.0 Å². The highest BCUT2D eigenvalue weighted by molar-refractivity contribution is 5.94. The van der Waals surface area contributed by atoms with Crippen molar-refractivity contribution >= 4 is 11.6 Å². The standard InChI is InChI=1S/C16H24N2O2/c1-3-9-17-15-6-4-13(5-7-15)16(20)18-10-8-14(11-18)12(2)19/h4-7,12,14,17,19H,3,8-11H2,1-2H3. The molecule has 1 amide bonds. The van der Waals surface area contributed by atoms with E-state index in [0.717, 1.165) is 37.2 Å². The first-order valence-electron chi connectivity index (χ1n) is 7.43. The first-order chi connectivity index (χ1) is 9.61. The molecule has 110 valence electrons. The molecule has 2 atom stereocenters. The van der Waals surface area contributed by atoms with Gasteiger partial charge in [0.05, 0.1) is 6.10 Å². The first kappa shape index (κ1) is 14.9. The molecule has 1 heterocycles. The molecule has 0 spiro atoms. The Labute approximate surface area is 120 Å². The minimum Gasteiger partial charge on any atom is -0.393 e. The topological polar surface area (TPSA) is 52.6 Å². The van der Waals surface area contributed by atoms with Crippen LogP contribution in [0.2, 0.25) is 0 Å². The number of carbonyl (C=O) groups excluding carboxylic acids is 1. The molecule has 4 heteroatoms. The molecule has 1 aliphatic heterocycles. The lowest BCUT2D eigenvalue weighted by Gasteiger charge is -2.18. The summed E-state index contributed by atoms with van der Waals surface area (Å²) in [4.78, 5) is 14.2. The third-order valence-electron chi connectivity index (χ3n) is 3.91. The van der Waals surface area contributed by atoms with E-state index < -0.39 is 0 Å². The zero-order valence-corrected chi connectivity index (χ0v) is 12.3. The number of likely N-dealkylation sites (tertiary alicyclic amines) is 1. The van der Waals surface area contributed by atoms with Gasteiger partial charge in [-0.2, -0.15) is 0 Å². The van der Waals surface area contributed by atoms with Gasteiger partial charge in [0.25, 0.3) is 5.91 Å². The van der Waals surface area contributed by atoms with Gasteiger partial charge in [0.1, 0.15) is 0 Å². The number of hydrogen-bond donors (Lipinski definition) is 2. The van der Waals surface area contributed by atoms with Crippen molar-refractivity contribution in [1.82, 2.24) is 4.90 Å². The Bertz CT molecular complexity index is 442. The molecule has 0 bridgehead atoms. The molecule has 2 rings (SSSR count). The number of hydrogen-bond acceptors (Lipinski definition) is 3. The van der Waals surface area contributed by atoms with Gasteiger partial charge in [-0.25, -0.2) is 0 Å². The molecule has 2 unspecified atom stereocenters. The molecular weight excluding hydrogens is 252 g/mol. The predicted octanol–water partition coefficient (Wildman–Crippen LogP) is 2.35. The van der Waals surface area contributed by atoms with E-state index >= 15 is 0 Å². The van der Waals surface area contributed by atoms with Gasteiger partial charge in [0, 0.05) is 36.8 Å². The number of carbonyl (C=O) groups is 1. The van der Waals surface area contributed by atoms with Crippen molar-refractivity contribution in [3.8, 4) is 0 Å². The molecule has 1 fully saturated rings. The van der Waals surface area contributed by atoms with Gasteiger partial charge in [0.2, 0.25) is 0 Å². The fourth-order valence-corrected chi connectivity index (χ4v) is 2.55. The smallest absolute Gasteiger partial charge is 0.253 e. The van der Waals surface area contributed by atoms with Crippen LogP contribution in [0.5, 0.6) is 0 Å². The molecule has 1 aromatic rings. The largest absolute Gasteiger partial charge is 0.393 e. The lowest BCUT2D eigenvalue weighted by atomic mass is 10.0. The molecule has 0 aromatic heterocycles. The minimum atomic E-state index is -0.339. The maximum atomic E-state index is 12.4. The molecule has 1 aromatic carbocycles. The highest BCUT2D eigenvalue weighted by atomic mass is 16.3. The predicted molar refractivity (Wildman–Crippen MR) is 80.9 cm³/mol. The minimum absolute atomic E-state index is 0.0650. The second kappa shape index (κ2) is 6.75. The summed E-state index contributed by atoms with van der Waals surface area (Å²) in [6, 6.07) is 7.64. The number of anilines is 1. The normalized spacial score (nSPS) is 19.9.